The van der Waals surface area contributed by atoms with Crippen LogP contribution in [0.5, 0.6) is 0 Å². The Kier molecular flexibility index (Phi) is 3.16. The Morgan fingerprint density at radius 3 is 2.61 bits per heavy atom. The van der Waals surface area contributed by atoms with Crippen molar-refractivity contribution in [1.82, 2.24) is 9.88 Å². The van der Waals surface area contributed by atoms with Crippen LogP contribution in [-0.2, 0) is 4.79 Å². The van der Waals surface area contributed by atoms with Crippen LogP contribution in [0.2, 0.25) is 0 Å². The first-order chi connectivity index (χ1) is 8.75. The Morgan fingerprint density at radius 1 is 1.28 bits per heavy atom. The fourth-order valence-corrected chi connectivity index (χ4v) is 3.62. The van der Waals surface area contributed by atoms with E-state index in [1.807, 2.05) is 18.3 Å². The van der Waals surface area contributed by atoms with Gasteiger partial charge in [0.25, 0.3) is 0 Å². The molecule has 0 radical (unpaired) electrons. The van der Waals surface area contributed by atoms with E-state index in [1.165, 1.54) is 19.3 Å². The van der Waals surface area contributed by atoms with Gasteiger partial charge in [0, 0.05) is 37.2 Å². The van der Waals surface area contributed by atoms with Gasteiger partial charge in [-0.15, -0.1) is 0 Å². The lowest BCUT2D eigenvalue weighted by Gasteiger charge is -2.48. The maximum atomic E-state index is 11.7. The molecule has 3 nitrogen and oxygen atoms in total. The summed E-state index contributed by atoms with van der Waals surface area (Å²) in [5, 5.41) is 0. The van der Waals surface area contributed by atoms with Gasteiger partial charge in [-0.25, -0.2) is 0 Å². The average Bonchev–Trinajstić information content (AvgIpc) is 2.38. The van der Waals surface area contributed by atoms with Crippen LogP contribution in [0.25, 0.3) is 0 Å². The smallest absolute Gasteiger partial charge is 0.136 e. The topological polar surface area (TPSA) is 33.2 Å². The van der Waals surface area contributed by atoms with Gasteiger partial charge in [-0.2, -0.15) is 0 Å². The van der Waals surface area contributed by atoms with E-state index in [2.05, 4.69) is 22.9 Å². The summed E-state index contributed by atoms with van der Waals surface area (Å²) < 4.78 is 0. The number of pyridine rings is 1. The van der Waals surface area contributed by atoms with E-state index in [-0.39, 0.29) is 0 Å². The fourth-order valence-electron chi connectivity index (χ4n) is 3.62. The summed E-state index contributed by atoms with van der Waals surface area (Å²) in [7, 11) is 0. The number of nitrogens with zero attached hydrogens (tertiary/aromatic N) is 2. The number of hydrogen-bond donors (Lipinski definition) is 0. The predicted molar refractivity (Wildman–Crippen MR) is 70.2 cm³/mol. The second-order valence-electron chi connectivity index (χ2n) is 5.56. The number of rotatable bonds is 2. The van der Waals surface area contributed by atoms with Gasteiger partial charge in [0.15, 0.2) is 0 Å². The number of carbonyl (C=O) groups excluding carboxylic acids is 1. The number of carbonyl (C=O) groups is 1. The average molecular weight is 244 g/mol. The van der Waals surface area contributed by atoms with Gasteiger partial charge >= 0.3 is 0 Å². The Morgan fingerprint density at radius 2 is 2.00 bits per heavy atom. The van der Waals surface area contributed by atoms with Gasteiger partial charge in [0.1, 0.15) is 5.78 Å². The lowest BCUT2D eigenvalue weighted by Crippen LogP contribution is -2.53. The molecule has 3 heterocycles. The second kappa shape index (κ2) is 4.81. The number of piperidine rings is 2. The molecule has 2 aliphatic heterocycles. The van der Waals surface area contributed by atoms with Crippen LogP contribution in [0.1, 0.15) is 50.8 Å². The van der Waals surface area contributed by atoms with E-state index >= 15 is 0 Å². The number of fused-ring (bicyclic) bond motifs is 2. The Labute approximate surface area is 108 Å². The predicted octanol–water partition coefficient (Wildman–Crippen LogP) is 2.73. The molecular weight excluding hydrogens is 224 g/mol. The molecule has 0 amide bonds. The minimum Gasteiger partial charge on any atom is -0.300 e. The molecule has 2 aliphatic rings. The Balaban J connectivity index is 1.85. The highest BCUT2D eigenvalue weighted by Gasteiger charge is 2.40. The van der Waals surface area contributed by atoms with Crippen molar-refractivity contribution >= 4 is 5.78 Å². The van der Waals surface area contributed by atoms with Crippen molar-refractivity contribution in [2.45, 2.75) is 57.2 Å². The molecule has 0 N–H and O–H groups in total. The Bertz CT molecular complexity index is 415. The van der Waals surface area contributed by atoms with E-state index in [0.717, 1.165) is 18.5 Å². The molecule has 0 aromatic carbocycles. The molecule has 2 bridgehead atoms. The van der Waals surface area contributed by atoms with Gasteiger partial charge in [0.2, 0.25) is 0 Å². The van der Waals surface area contributed by atoms with Gasteiger partial charge in [-0.3, -0.25) is 14.7 Å². The molecule has 3 heteroatoms. The molecule has 0 aliphatic carbocycles. The third-order valence-electron chi connectivity index (χ3n) is 4.41. The molecule has 2 fully saturated rings. The molecule has 3 rings (SSSR count). The monoisotopic (exact) mass is 244 g/mol. The zero-order chi connectivity index (χ0) is 12.5. The number of Topliss-reactive ketones (excluding diaryl/α,β-unsaturated/α-hetero) is 1. The third-order valence-corrected chi connectivity index (χ3v) is 4.41. The minimum absolute atomic E-state index is 0.328. The largest absolute Gasteiger partial charge is 0.300 e. The number of ketones is 1. The molecule has 96 valence electrons. The molecule has 18 heavy (non-hydrogen) atoms. The van der Waals surface area contributed by atoms with Crippen LogP contribution >= 0.6 is 0 Å². The van der Waals surface area contributed by atoms with Gasteiger partial charge < -0.3 is 0 Å². The van der Waals surface area contributed by atoms with E-state index in [1.54, 1.807) is 0 Å². The number of aromatic nitrogens is 1. The molecule has 1 aromatic rings. The molecule has 0 spiro atoms. The van der Waals surface area contributed by atoms with Crippen molar-refractivity contribution in [2.75, 3.05) is 0 Å². The van der Waals surface area contributed by atoms with Crippen molar-refractivity contribution in [3.05, 3.63) is 30.1 Å². The maximum Gasteiger partial charge on any atom is 0.136 e. The second-order valence-corrected chi connectivity index (χ2v) is 5.56. The molecule has 1 aromatic heterocycles. The van der Waals surface area contributed by atoms with Crippen LogP contribution in [0, 0.1) is 0 Å². The summed E-state index contributed by atoms with van der Waals surface area (Å²) in [6, 6.07) is 7.32. The molecule has 0 saturated carbocycles. The van der Waals surface area contributed by atoms with Crippen LogP contribution in [-0.4, -0.2) is 27.8 Å². The summed E-state index contributed by atoms with van der Waals surface area (Å²) in [5.41, 5.74) is 1.13. The van der Waals surface area contributed by atoms with Crippen LogP contribution in [0.4, 0.5) is 0 Å². The minimum atomic E-state index is 0.328. The van der Waals surface area contributed by atoms with Crippen molar-refractivity contribution in [2.24, 2.45) is 0 Å². The highest BCUT2D eigenvalue weighted by molar-refractivity contribution is 5.80. The zero-order valence-corrected chi connectivity index (χ0v) is 10.9. The van der Waals surface area contributed by atoms with E-state index in [9.17, 15) is 4.79 Å². The van der Waals surface area contributed by atoms with Crippen LogP contribution in [0.15, 0.2) is 24.4 Å². The van der Waals surface area contributed by atoms with Gasteiger partial charge in [-0.1, -0.05) is 12.5 Å². The summed E-state index contributed by atoms with van der Waals surface area (Å²) in [5.74, 6) is 0.453. The quantitative estimate of drug-likeness (QED) is 0.802. The first-order valence-corrected chi connectivity index (χ1v) is 6.96. The maximum absolute atomic E-state index is 11.7. The highest BCUT2D eigenvalue weighted by atomic mass is 16.1. The van der Waals surface area contributed by atoms with Gasteiger partial charge in [0.05, 0.1) is 5.69 Å². The van der Waals surface area contributed by atoms with Gasteiger partial charge in [-0.05, 0) is 31.9 Å². The molecule has 3 unspecified atom stereocenters. The van der Waals surface area contributed by atoms with E-state index in [0.29, 0.717) is 23.9 Å². The normalized spacial score (nSPS) is 30.2. The molecule has 3 atom stereocenters. The van der Waals surface area contributed by atoms with Crippen LogP contribution < -0.4 is 0 Å². The van der Waals surface area contributed by atoms with Crippen LogP contribution in [0.3, 0.4) is 0 Å². The summed E-state index contributed by atoms with van der Waals surface area (Å²) >= 11 is 0. The summed E-state index contributed by atoms with van der Waals surface area (Å²) in [6.45, 7) is 2.23. The first kappa shape index (κ1) is 11.8. The first-order valence-electron chi connectivity index (χ1n) is 6.96. The van der Waals surface area contributed by atoms with Crippen molar-refractivity contribution < 1.29 is 4.79 Å². The zero-order valence-electron chi connectivity index (χ0n) is 10.9. The van der Waals surface area contributed by atoms with Crippen molar-refractivity contribution in [1.29, 1.82) is 0 Å². The van der Waals surface area contributed by atoms with Crippen molar-refractivity contribution in [3.63, 3.8) is 0 Å². The fraction of sp³-hybridized carbons (Fsp3) is 0.600. The summed E-state index contributed by atoms with van der Waals surface area (Å²) in [4.78, 5) is 18.8. The third kappa shape index (κ3) is 2.07. The Hall–Kier alpha value is -1.22. The SMILES string of the molecule is CC(c1ccccn1)N1C2CCCC1CC(=O)C2. The lowest BCUT2D eigenvalue weighted by molar-refractivity contribution is -0.128. The molecule has 2 saturated heterocycles. The van der Waals surface area contributed by atoms with E-state index in [4.69, 9.17) is 0 Å². The summed E-state index contributed by atoms with van der Waals surface area (Å²) in [6.07, 6.45) is 6.95. The number of hydrogen-bond acceptors (Lipinski definition) is 3. The van der Waals surface area contributed by atoms with E-state index < -0.39 is 0 Å². The molecular formula is C15H20N2O. The standard InChI is InChI=1S/C15H20N2O/c1-11(15-7-2-3-8-16-15)17-12-5-4-6-13(17)10-14(18)9-12/h2-3,7-8,11-13H,4-6,9-10H2,1H3. The highest BCUT2D eigenvalue weighted by Crippen LogP contribution is 2.38. The lowest BCUT2D eigenvalue weighted by atomic mass is 9.82. The van der Waals surface area contributed by atoms with Crippen molar-refractivity contribution in [3.8, 4) is 0 Å².